The van der Waals surface area contributed by atoms with Crippen LogP contribution >= 0.6 is 0 Å². The highest BCUT2D eigenvalue weighted by Gasteiger charge is 2.26. The number of benzene rings is 1. The number of rotatable bonds is 4. The standard InChI is InChI=1S/C13H16N2O4/c1-7(12(18)15-9-3-4-9)14-13(19)8-2-5-10(16)11(17)6-8/h2,5-7,9,16-17H,3-4H2,1H3,(H,14,19)(H,15,18). The fourth-order valence-corrected chi connectivity index (χ4v) is 1.56. The number of phenolic OH excluding ortho intramolecular Hbond substituents is 2. The maximum atomic E-state index is 11.8. The highest BCUT2D eigenvalue weighted by Crippen LogP contribution is 2.24. The molecule has 2 amide bonds. The first-order valence-corrected chi connectivity index (χ1v) is 6.10. The molecule has 0 aromatic heterocycles. The molecule has 6 heteroatoms. The Hall–Kier alpha value is -2.24. The Morgan fingerprint density at radius 1 is 1.26 bits per heavy atom. The lowest BCUT2D eigenvalue weighted by Gasteiger charge is -2.14. The number of carbonyl (C=O) groups is 2. The highest BCUT2D eigenvalue weighted by molar-refractivity contribution is 5.97. The van der Waals surface area contributed by atoms with Crippen LogP contribution in [0.15, 0.2) is 18.2 Å². The van der Waals surface area contributed by atoms with E-state index in [-0.39, 0.29) is 29.0 Å². The van der Waals surface area contributed by atoms with Gasteiger partial charge in [-0.25, -0.2) is 0 Å². The number of carbonyl (C=O) groups excluding carboxylic acids is 2. The van der Waals surface area contributed by atoms with Gasteiger partial charge in [0.25, 0.3) is 5.91 Å². The third kappa shape index (κ3) is 3.37. The number of hydrogen-bond acceptors (Lipinski definition) is 4. The van der Waals surface area contributed by atoms with Crippen molar-refractivity contribution in [2.75, 3.05) is 0 Å². The van der Waals surface area contributed by atoms with E-state index in [1.54, 1.807) is 6.92 Å². The van der Waals surface area contributed by atoms with E-state index in [0.29, 0.717) is 0 Å². The van der Waals surface area contributed by atoms with Gasteiger partial charge in [0.15, 0.2) is 11.5 Å². The molecule has 0 saturated heterocycles. The van der Waals surface area contributed by atoms with Crippen molar-refractivity contribution in [1.82, 2.24) is 10.6 Å². The molecule has 19 heavy (non-hydrogen) atoms. The van der Waals surface area contributed by atoms with Crippen LogP contribution in [0.4, 0.5) is 0 Å². The zero-order chi connectivity index (χ0) is 14.0. The van der Waals surface area contributed by atoms with Gasteiger partial charge < -0.3 is 20.8 Å². The van der Waals surface area contributed by atoms with E-state index in [9.17, 15) is 14.7 Å². The summed E-state index contributed by atoms with van der Waals surface area (Å²) < 4.78 is 0. The number of aromatic hydroxyl groups is 2. The number of hydrogen-bond donors (Lipinski definition) is 4. The third-order valence-corrected chi connectivity index (χ3v) is 2.90. The maximum Gasteiger partial charge on any atom is 0.252 e. The van der Waals surface area contributed by atoms with E-state index in [4.69, 9.17) is 5.11 Å². The normalized spacial score (nSPS) is 15.6. The Bertz CT molecular complexity index is 511. The SMILES string of the molecule is CC(NC(=O)c1ccc(O)c(O)c1)C(=O)NC1CC1. The largest absolute Gasteiger partial charge is 0.504 e. The molecule has 0 spiro atoms. The second-order valence-electron chi connectivity index (χ2n) is 4.68. The van der Waals surface area contributed by atoms with Gasteiger partial charge in [-0.2, -0.15) is 0 Å². The van der Waals surface area contributed by atoms with Crippen LogP contribution < -0.4 is 10.6 Å². The molecule has 6 nitrogen and oxygen atoms in total. The summed E-state index contributed by atoms with van der Waals surface area (Å²) in [4.78, 5) is 23.5. The minimum Gasteiger partial charge on any atom is -0.504 e. The van der Waals surface area contributed by atoms with Gasteiger partial charge in [-0.15, -0.1) is 0 Å². The second kappa shape index (κ2) is 5.17. The smallest absolute Gasteiger partial charge is 0.252 e. The topological polar surface area (TPSA) is 98.7 Å². The summed E-state index contributed by atoms with van der Waals surface area (Å²) >= 11 is 0. The molecular weight excluding hydrogens is 248 g/mol. The summed E-state index contributed by atoms with van der Waals surface area (Å²) in [6, 6.07) is 3.33. The number of phenols is 2. The molecule has 1 unspecified atom stereocenters. The lowest BCUT2D eigenvalue weighted by Crippen LogP contribution is -2.45. The van der Waals surface area contributed by atoms with Crippen molar-refractivity contribution in [3.8, 4) is 11.5 Å². The summed E-state index contributed by atoms with van der Waals surface area (Å²) in [5.41, 5.74) is 0.182. The van der Waals surface area contributed by atoms with E-state index >= 15 is 0 Å². The van der Waals surface area contributed by atoms with Crippen molar-refractivity contribution in [2.45, 2.75) is 31.8 Å². The van der Waals surface area contributed by atoms with Crippen molar-refractivity contribution in [3.05, 3.63) is 23.8 Å². The predicted octanol–water partition coefficient (Wildman–Crippen LogP) is 0.495. The third-order valence-electron chi connectivity index (χ3n) is 2.90. The molecule has 1 aliphatic carbocycles. The van der Waals surface area contributed by atoms with Gasteiger partial charge in [0.2, 0.25) is 5.91 Å². The quantitative estimate of drug-likeness (QED) is 0.595. The first-order valence-electron chi connectivity index (χ1n) is 6.10. The minimum absolute atomic E-state index is 0.182. The van der Waals surface area contributed by atoms with Crippen LogP contribution in [-0.4, -0.2) is 34.1 Å². The number of amides is 2. The zero-order valence-electron chi connectivity index (χ0n) is 10.5. The van der Waals surface area contributed by atoms with Gasteiger partial charge in [-0.05, 0) is 38.0 Å². The lowest BCUT2D eigenvalue weighted by molar-refractivity contribution is -0.122. The van der Waals surface area contributed by atoms with E-state index in [1.807, 2.05) is 0 Å². The first-order chi connectivity index (χ1) is 8.97. The Balaban J connectivity index is 1.95. The van der Waals surface area contributed by atoms with Crippen molar-refractivity contribution in [2.24, 2.45) is 0 Å². The van der Waals surface area contributed by atoms with Crippen LogP contribution in [0.1, 0.15) is 30.1 Å². The minimum atomic E-state index is -0.649. The van der Waals surface area contributed by atoms with Crippen molar-refractivity contribution in [1.29, 1.82) is 0 Å². The summed E-state index contributed by atoms with van der Waals surface area (Å²) in [7, 11) is 0. The molecule has 1 aromatic rings. The van der Waals surface area contributed by atoms with Gasteiger partial charge in [-0.3, -0.25) is 9.59 Å². The first kappa shape index (κ1) is 13.2. The molecule has 0 bridgehead atoms. The van der Waals surface area contributed by atoms with Gasteiger partial charge in [-0.1, -0.05) is 0 Å². The molecule has 2 rings (SSSR count). The van der Waals surface area contributed by atoms with Crippen LogP contribution in [0.3, 0.4) is 0 Å². The number of nitrogens with one attached hydrogen (secondary N) is 2. The van der Waals surface area contributed by atoms with E-state index in [0.717, 1.165) is 18.9 Å². The fraction of sp³-hybridized carbons (Fsp3) is 0.385. The van der Waals surface area contributed by atoms with E-state index in [1.165, 1.54) is 12.1 Å². The monoisotopic (exact) mass is 264 g/mol. The molecule has 102 valence electrons. The van der Waals surface area contributed by atoms with Gasteiger partial charge in [0, 0.05) is 11.6 Å². The molecule has 1 aliphatic rings. The summed E-state index contributed by atoms with van der Waals surface area (Å²) in [5.74, 6) is -1.37. The Kier molecular flexibility index (Phi) is 3.59. The zero-order valence-corrected chi connectivity index (χ0v) is 10.5. The predicted molar refractivity (Wildman–Crippen MR) is 67.9 cm³/mol. The van der Waals surface area contributed by atoms with Crippen LogP contribution in [0.5, 0.6) is 11.5 Å². The molecule has 0 aliphatic heterocycles. The molecule has 4 N–H and O–H groups in total. The van der Waals surface area contributed by atoms with E-state index in [2.05, 4.69) is 10.6 Å². The molecule has 1 aromatic carbocycles. The maximum absolute atomic E-state index is 11.8. The Morgan fingerprint density at radius 3 is 2.53 bits per heavy atom. The van der Waals surface area contributed by atoms with Crippen LogP contribution in [0.2, 0.25) is 0 Å². The Morgan fingerprint density at radius 2 is 1.95 bits per heavy atom. The average Bonchev–Trinajstić information content (AvgIpc) is 3.16. The lowest BCUT2D eigenvalue weighted by atomic mass is 10.1. The molecule has 1 saturated carbocycles. The van der Waals surface area contributed by atoms with Crippen molar-refractivity contribution < 1.29 is 19.8 Å². The second-order valence-corrected chi connectivity index (χ2v) is 4.68. The van der Waals surface area contributed by atoms with Crippen LogP contribution in [0, 0.1) is 0 Å². The highest BCUT2D eigenvalue weighted by atomic mass is 16.3. The summed E-state index contributed by atoms with van der Waals surface area (Å²) in [6.45, 7) is 1.59. The van der Waals surface area contributed by atoms with Gasteiger partial charge in [0.1, 0.15) is 6.04 Å². The Labute approximate surface area is 110 Å². The summed E-state index contributed by atoms with van der Waals surface area (Å²) in [5, 5.41) is 23.8. The van der Waals surface area contributed by atoms with Gasteiger partial charge in [0.05, 0.1) is 0 Å². The molecule has 0 heterocycles. The van der Waals surface area contributed by atoms with Crippen molar-refractivity contribution >= 4 is 11.8 Å². The summed E-state index contributed by atoms with van der Waals surface area (Å²) in [6.07, 6.45) is 1.97. The molecular formula is C13H16N2O4. The van der Waals surface area contributed by atoms with Crippen LogP contribution in [0.25, 0.3) is 0 Å². The van der Waals surface area contributed by atoms with Gasteiger partial charge >= 0.3 is 0 Å². The molecule has 1 fully saturated rings. The molecule has 1 atom stereocenters. The average molecular weight is 264 g/mol. The fourth-order valence-electron chi connectivity index (χ4n) is 1.56. The van der Waals surface area contributed by atoms with Crippen LogP contribution in [-0.2, 0) is 4.79 Å². The van der Waals surface area contributed by atoms with Crippen molar-refractivity contribution in [3.63, 3.8) is 0 Å². The van der Waals surface area contributed by atoms with E-state index < -0.39 is 11.9 Å². The molecule has 0 radical (unpaired) electrons.